The maximum atomic E-state index is 13.6. The minimum Gasteiger partial charge on any atom is -0.456 e. The number of nitrogens with two attached hydrogens (primary N) is 1. The van der Waals surface area contributed by atoms with Crippen LogP contribution in [0.4, 0.5) is 11.4 Å². The molecule has 1 amide bonds. The summed E-state index contributed by atoms with van der Waals surface area (Å²) in [5.41, 5.74) is 6.90. The Morgan fingerprint density at radius 1 is 0.620 bits per heavy atom. The number of carbonyl (C=O) groups is 2. The number of anilines is 2. The Kier molecular flexibility index (Phi) is 9.81. The average molecular weight is 739 g/mol. The summed E-state index contributed by atoms with van der Waals surface area (Å²) < 4.78 is 107. The van der Waals surface area contributed by atoms with Gasteiger partial charge in [-0.3, -0.25) is 18.7 Å². The number of nitrogens with one attached hydrogen (secondary N) is 1. The van der Waals surface area contributed by atoms with Crippen molar-refractivity contribution in [2.24, 2.45) is 0 Å². The number of sulfone groups is 1. The van der Waals surface area contributed by atoms with Crippen LogP contribution in [0.25, 0.3) is 0 Å². The quantitative estimate of drug-likeness (QED) is 0.0731. The van der Waals surface area contributed by atoms with E-state index in [4.69, 9.17) is 15.2 Å². The Labute approximate surface area is 286 Å². The van der Waals surface area contributed by atoms with E-state index in [1.807, 2.05) is 0 Å². The second-order valence-corrected chi connectivity index (χ2v) is 15.3. The zero-order valence-electron chi connectivity index (χ0n) is 25.7. The smallest absolute Gasteiger partial charge is 0.298 e. The summed E-state index contributed by atoms with van der Waals surface area (Å²) in [4.78, 5) is 21.0. The number of benzene rings is 5. The number of ketones is 1. The maximum absolute atomic E-state index is 13.6. The van der Waals surface area contributed by atoms with Crippen LogP contribution in [0.1, 0.15) is 27.6 Å². The Bertz CT molecular complexity index is 2480. The Morgan fingerprint density at radius 3 is 1.58 bits per heavy atom. The Hall–Kier alpha value is -5.59. The van der Waals surface area contributed by atoms with Crippen molar-refractivity contribution in [2.75, 3.05) is 11.1 Å². The van der Waals surface area contributed by atoms with Gasteiger partial charge in [-0.15, -0.1) is 0 Å². The fraction of sp³-hybridized carbons (Fsp3) is 0.0303. The highest BCUT2D eigenvalue weighted by Gasteiger charge is 2.28. The van der Waals surface area contributed by atoms with Crippen molar-refractivity contribution in [2.45, 2.75) is 26.5 Å². The largest absolute Gasteiger partial charge is 0.456 e. The van der Waals surface area contributed by atoms with E-state index in [2.05, 4.69) is 5.32 Å². The number of ether oxygens (including phenoxy) is 2. The predicted molar refractivity (Wildman–Crippen MR) is 180 cm³/mol. The molecule has 5 aromatic carbocycles. The molecule has 0 bridgehead atoms. The summed E-state index contributed by atoms with van der Waals surface area (Å²) in [5, 5.41) is 2.63. The van der Waals surface area contributed by atoms with E-state index in [0.29, 0.717) is 17.7 Å². The van der Waals surface area contributed by atoms with E-state index >= 15 is 0 Å². The lowest BCUT2D eigenvalue weighted by Crippen LogP contribution is -2.12. The van der Waals surface area contributed by atoms with Crippen molar-refractivity contribution in [1.82, 2.24) is 0 Å². The van der Waals surface area contributed by atoms with E-state index in [-0.39, 0.29) is 34.2 Å². The lowest BCUT2D eigenvalue weighted by molar-refractivity contribution is 0.100. The minimum absolute atomic E-state index is 0.0104. The number of amides is 1. The van der Waals surface area contributed by atoms with Crippen molar-refractivity contribution in [3.8, 4) is 23.0 Å². The van der Waals surface area contributed by atoms with Crippen molar-refractivity contribution in [3.63, 3.8) is 0 Å². The van der Waals surface area contributed by atoms with Gasteiger partial charge >= 0.3 is 0 Å². The van der Waals surface area contributed by atoms with Crippen LogP contribution in [0, 0.1) is 0 Å². The standard InChI is InChI=1S/C33H26N2O12S3/c1-20(36)21-8-10-22(11-9-21)33(37)35-24-5-3-7-26(17-24)47-30-15-13-28(19-32(30)50(43,44)45)48(38,39)27-12-14-29(31(18-27)49(40,41)42)46-25-6-2-4-23(34)16-25/h2-19H,34H2,1H3,(H,35,37)(H,40,41,42)(H,43,44,45). The highest BCUT2D eigenvalue weighted by molar-refractivity contribution is 7.91. The van der Waals surface area contributed by atoms with Crippen LogP contribution in [-0.2, 0) is 30.1 Å². The average Bonchev–Trinajstić information content (AvgIpc) is 3.04. The zero-order chi connectivity index (χ0) is 36.4. The van der Waals surface area contributed by atoms with Crippen LogP contribution >= 0.6 is 0 Å². The Morgan fingerprint density at radius 2 is 1.10 bits per heavy atom. The maximum Gasteiger partial charge on any atom is 0.298 e. The molecule has 50 heavy (non-hydrogen) atoms. The molecule has 0 radical (unpaired) electrons. The van der Waals surface area contributed by atoms with Crippen LogP contribution in [0.3, 0.4) is 0 Å². The number of hydrogen-bond acceptors (Lipinski definition) is 11. The van der Waals surface area contributed by atoms with Crippen LogP contribution in [-0.4, -0.2) is 46.0 Å². The summed E-state index contributed by atoms with van der Waals surface area (Å²) in [6.07, 6.45) is 0. The Balaban J connectivity index is 1.44. The molecule has 5 N–H and O–H groups in total. The van der Waals surface area contributed by atoms with Crippen molar-refractivity contribution >= 4 is 53.1 Å². The first-order valence-corrected chi connectivity index (χ1v) is 18.5. The first-order chi connectivity index (χ1) is 23.4. The van der Waals surface area contributed by atoms with E-state index in [1.165, 1.54) is 73.7 Å². The molecule has 14 nitrogen and oxygen atoms in total. The predicted octanol–water partition coefficient (Wildman–Crippen LogP) is 5.63. The molecule has 0 aliphatic carbocycles. The summed E-state index contributed by atoms with van der Waals surface area (Å²) in [6, 6.07) is 22.6. The third-order valence-corrected chi connectivity index (χ3v) is 10.5. The van der Waals surface area contributed by atoms with Gasteiger partial charge < -0.3 is 20.5 Å². The molecule has 0 saturated carbocycles. The van der Waals surface area contributed by atoms with Gasteiger partial charge in [0.1, 0.15) is 32.8 Å². The topological polar surface area (TPSA) is 234 Å². The third kappa shape index (κ3) is 8.16. The normalized spacial score (nSPS) is 11.8. The van der Waals surface area contributed by atoms with Crippen LogP contribution in [0.5, 0.6) is 23.0 Å². The van der Waals surface area contributed by atoms with Crippen LogP contribution in [0.2, 0.25) is 0 Å². The molecular weight excluding hydrogens is 713 g/mol. The third-order valence-electron chi connectivity index (χ3n) is 6.97. The monoisotopic (exact) mass is 738 g/mol. The summed E-state index contributed by atoms with van der Waals surface area (Å²) in [6.45, 7) is 1.39. The molecule has 0 heterocycles. The second kappa shape index (κ2) is 13.7. The molecule has 0 saturated heterocycles. The molecular formula is C33H26N2O12S3. The fourth-order valence-corrected chi connectivity index (χ4v) is 7.29. The second-order valence-electron chi connectivity index (χ2n) is 10.6. The molecule has 0 fully saturated rings. The molecule has 0 aliphatic rings. The van der Waals surface area contributed by atoms with Crippen molar-refractivity contribution in [1.29, 1.82) is 0 Å². The number of carbonyl (C=O) groups excluding carboxylic acids is 2. The molecule has 0 spiro atoms. The van der Waals surface area contributed by atoms with Gasteiger partial charge in [0.2, 0.25) is 9.84 Å². The first-order valence-electron chi connectivity index (χ1n) is 14.1. The van der Waals surface area contributed by atoms with Gasteiger partial charge in [0.05, 0.1) is 9.79 Å². The molecule has 258 valence electrons. The van der Waals surface area contributed by atoms with Crippen molar-refractivity contribution in [3.05, 3.63) is 120 Å². The molecule has 0 aliphatic heterocycles. The van der Waals surface area contributed by atoms with Gasteiger partial charge in [0, 0.05) is 34.6 Å². The number of Topliss-reactive ketones (excluding diaryl/α,β-unsaturated/α-hetero) is 1. The first kappa shape index (κ1) is 35.7. The summed E-state index contributed by atoms with van der Waals surface area (Å²) >= 11 is 0. The van der Waals surface area contributed by atoms with Gasteiger partial charge in [-0.05, 0) is 79.7 Å². The van der Waals surface area contributed by atoms with Gasteiger partial charge in [-0.2, -0.15) is 16.8 Å². The molecule has 0 unspecified atom stereocenters. The number of hydrogen-bond donors (Lipinski definition) is 4. The number of rotatable bonds is 11. The van der Waals surface area contributed by atoms with Gasteiger partial charge in [0.15, 0.2) is 5.78 Å². The molecule has 0 atom stereocenters. The van der Waals surface area contributed by atoms with Gasteiger partial charge in [-0.25, -0.2) is 8.42 Å². The van der Waals surface area contributed by atoms with Gasteiger partial charge in [-0.1, -0.05) is 24.3 Å². The molecule has 17 heteroatoms. The summed E-state index contributed by atoms with van der Waals surface area (Å²) in [5.74, 6) is -1.52. The highest BCUT2D eigenvalue weighted by atomic mass is 32.2. The van der Waals surface area contributed by atoms with Gasteiger partial charge in [0.25, 0.3) is 26.1 Å². The molecule has 5 rings (SSSR count). The number of nitrogen functional groups attached to an aromatic ring is 1. The van der Waals surface area contributed by atoms with E-state index in [9.17, 15) is 43.9 Å². The van der Waals surface area contributed by atoms with E-state index < -0.39 is 67.1 Å². The molecule has 0 aromatic heterocycles. The summed E-state index contributed by atoms with van der Waals surface area (Å²) in [7, 11) is -14.9. The molecule has 5 aromatic rings. The van der Waals surface area contributed by atoms with E-state index in [1.54, 1.807) is 6.07 Å². The fourth-order valence-electron chi connectivity index (χ4n) is 4.55. The lowest BCUT2D eigenvalue weighted by atomic mass is 10.1. The lowest BCUT2D eigenvalue weighted by Gasteiger charge is -2.14. The van der Waals surface area contributed by atoms with Crippen molar-refractivity contribution < 1.29 is 53.4 Å². The SMILES string of the molecule is CC(=O)c1ccc(C(=O)Nc2cccc(Oc3ccc(S(=O)(=O)c4ccc(Oc5cccc(N)c5)c(S(=O)(=O)O)c4)cc3S(=O)(=O)O)c2)cc1. The van der Waals surface area contributed by atoms with Crippen LogP contribution in [0.15, 0.2) is 129 Å². The minimum atomic E-state index is -5.12. The zero-order valence-corrected chi connectivity index (χ0v) is 28.1. The van der Waals surface area contributed by atoms with Crippen LogP contribution < -0.4 is 20.5 Å². The highest BCUT2D eigenvalue weighted by Crippen LogP contribution is 2.36. The van der Waals surface area contributed by atoms with E-state index in [0.717, 1.165) is 24.3 Å².